The Hall–Kier alpha value is -4.74. The minimum absolute atomic E-state index is 0.00313. The van der Waals surface area contributed by atoms with Crippen molar-refractivity contribution in [2.24, 2.45) is 5.92 Å². The molecular formula is C34H36F3NO8. The lowest BCUT2D eigenvalue weighted by atomic mass is 9.85. The van der Waals surface area contributed by atoms with Crippen LogP contribution in [0.1, 0.15) is 69.5 Å². The number of aryl methyl sites for hydroxylation is 1. The Kier molecular flexibility index (Phi) is 11.5. The van der Waals surface area contributed by atoms with E-state index in [-0.39, 0.29) is 53.8 Å². The number of aromatic carboxylic acids is 1. The maximum Gasteiger partial charge on any atom is 0.573 e. The highest BCUT2D eigenvalue weighted by atomic mass is 19.4. The van der Waals surface area contributed by atoms with E-state index in [4.69, 9.17) is 14.2 Å². The van der Waals surface area contributed by atoms with Crippen LogP contribution in [-0.4, -0.2) is 49.1 Å². The second kappa shape index (κ2) is 15.5. The van der Waals surface area contributed by atoms with Crippen LogP contribution in [0.4, 0.5) is 13.2 Å². The molecule has 2 N–H and O–H groups in total. The van der Waals surface area contributed by atoms with Gasteiger partial charge in [-0.1, -0.05) is 30.7 Å². The first-order valence-corrected chi connectivity index (χ1v) is 14.9. The molecule has 4 rings (SSSR count). The van der Waals surface area contributed by atoms with Crippen LogP contribution >= 0.6 is 0 Å². The number of carboxylic acids is 1. The molecule has 1 saturated carbocycles. The number of rotatable bonds is 13. The fourth-order valence-electron chi connectivity index (χ4n) is 5.44. The summed E-state index contributed by atoms with van der Waals surface area (Å²) in [6, 6.07) is 15.5. The monoisotopic (exact) mass is 643 g/mol. The van der Waals surface area contributed by atoms with Crippen LogP contribution in [0.5, 0.6) is 17.2 Å². The number of nitrogens with one attached hydrogen (secondary N) is 1. The predicted octanol–water partition coefficient (Wildman–Crippen LogP) is 6.64. The van der Waals surface area contributed by atoms with Crippen molar-refractivity contribution in [3.8, 4) is 17.2 Å². The highest BCUT2D eigenvalue weighted by Crippen LogP contribution is 2.29. The molecule has 0 radical (unpaired) electrons. The third-order valence-electron chi connectivity index (χ3n) is 7.78. The summed E-state index contributed by atoms with van der Waals surface area (Å²) < 4.78 is 57.4. The SMILES string of the molecule is COC(=O)C1CCCC(NC(=O)c2c(OCCCc3ccc(OCc4ccc(OC(F)(F)F)cc4)cc3)ccc(C(=O)O)c2C)C1. The Bertz CT molecular complexity index is 1510. The molecule has 2 unspecified atom stereocenters. The van der Waals surface area contributed by atoms with E-state index in [9.17, 15) is 32.7 Å². The number of hydrogen-bond donors (Lipinski definition) is 2. The molecule has 1 amide bonds. The third-order valence-corrected chi connectivity index (χ3v) is 7.78. The Balaban J connectivity index is 1.30. The van der Waals surface area contributed by atoms with Gasteiger partial charge in [0, 0.05) is 6.04 Å². The van der Waals surface area contributed by atoms with Gasteiger partial charge in [0.25, 0.3) is 5.91 Å². The van der Waals surface area contributed by atoms with E-state index in [0.29, 0.717) is 49.0 Å². The molecule has 12 heteroatoms. The first kappa shape index (κ1) is 34.1. The number of halogens is 3. The number of carbonyl (C=O) groups is 3. The molecule has 0 aromatic heterocycles. The first-order valence-electron chi connectivity index (χ1n) is 14.9. The zero-order valence-electron chi connectivity index (χ0n) is 25.5. The number of methoxy groups -OCH3 is 1. The van der Waals surface area contributed by atoms with E-state index < -0.39 is 18.2 Å². The minimum Gasteiger partial charge on any atom is -0.493 e. The van der Waals surface area contributed by atoms with Crippen molar-refractivity contribution in [1.29, 1.82) is 0 Å². The van der Waals surface area contributed by atoms with Gasteiger partial charge in [-0.25, -0.2) is 4.79 Å². The molecule has 0 heterocycles. The Labute approximate surface area is 264 Å². The van der Waals surface area contributed by atoms with Gasteiger partial charge < -0.3 is 29.4 Å². The fraction of sp³-hybridized carbons (Fsp3) is 0.382. The van der Waals surface area contributed by atoms with Gasteiger partial charge in [-0.2, -0.15) is 0 Å². The Morgan fingerprint density at radius 3 is 2.24 bits per heavy atom. The van der Waals surface area contributed by atoms with Gasteiger partial charge in [-0.05, 0) is 92.1 Å². The van der Waals surface area contributed by atoms with E-state index >= 15 is 0 Å². The summed E-state index contributed by atoms with van der Waals surface area (Å²) in [6.07, 6.45) is -0.881. The zero-order chi connectivity index (χ0) is 33.3. The van der Waals surface area contributed by atoms with E-state index in [1.165, 1.54) is 43.5 Å². The van der Waals surface area contributed by atoms with Crippen molar-refractivity contribution < 1.29 is 51.6 Å². The summed E-state index contributed by atoms with van der Waals surface area (Å²) >= 11 is 0. The van der Waals surface area contributed by atoms with Crippen LogP contribution in [0.15, 0.2) is 60.7 Å². The average Bonchev–Trinajstić information content (AvgIpc) is 3.02. The van der Waals surface area contributed by atoms with Gasteiger partial charge in [0.05, 0.1) is 30.8 Å². The van der Waals surface area contributed by atoms with Gasteiger partial charge in [-0.3, -0.25) is 9.59 Å². The van der Waals surface area contributed by atoms with Crippen molar-refractivity contribution >= 4 is 17.8 Å². The standard InChI is InChI=1S/C34H36F3NO8/c1-21-28(32(40)41)16-17-29(30(21)31(39)38-25-7-3-6-24(19-25)33(42)43-2)44-18-4-5-22-8-12-26(13-9-22)45-20-23-10-14-27(15-11-23)46-34(35,36)37/h8-17,24-25H,3-7,18-20H2,1-2H3,(H,38,39)(H,40,41). The van der Waals surface area contributed by atoms with Crippen LogP contribution in [0.3, 0.4) is 0 Å². The van der Waals surface area contributed by atoms with Gasteiger partial charge in [0.15, 0.2) is 0 Å². The summed E-state index contributed by atoms with van der Waals surface area (Å²) in [6.45, 7) is 2.01. The lowest BCUT2D eigenvalue weighted by Gasteiger charge is -2.28. The number of esters is 1. The quantitative estimate of drug-likeness (QED) is 0.157. The van der Waals surface area contributed by atoms with E-state index in [1.807, 2.05) is 12.1 Å². The van der Waals surface area contributed by atoms with Crippen LogP contribution in [0, 0.1) is 12.8 Å². The number of carboxylic acid groups (broad SMARTS) is 1. The van der Waals surface area contributed by atoms with E-state index in [2.05, 4.69) is 10.1 Å². The minimum atomic E-state index is -4.74. The summed E-state index contributed by atoms with van der Waals surface area (Å²) in [5.41, 5.74) is 2.15. The molecule has 0 saturated heterocycles. The zero-order valence-corrected chi connectivity index (χ0v) is 25.5. The van der Waals surface area contributed by atoms with Crippen molar-refractivity contribution in [2.75, 3.05) is 13.7 Å². The summed E-state index contributed by atoms with van der Waals surface area (Å²) in [4.78, 5) is 37.2. The van der Waals surface area contributed by atoms with Crippen LogP contribution in [0.25, 0.3) is 0 Å². The number of ether oxygens (including phenoxy) is 4. The fourth-order valence-corrected chi connectivity index (χ4v) is 5.44. The number of benzene rings is 3. The molecule has 3 aromatic carbocycles. The molecule has 9 nitrogen and oxygen atoms in total. The van der Waals surface area contributed by atoms with Gasteiger partial charge in [0.2, 0.25) is 0 Å². The molecule has 1 fully saturated rings. The Morgan fingerprint density at radius 1 is 0.913 bits per heavy atom. The predicted molar refractivity (Wildman–Crippen MR) is 161 cm³/mol. The van der Waals surface area contributed by atoms with Crippen molar-refractivity contribution in [2.45, 2.75) is 64.5 Å². The highest BCUT2D eigenvalue weighted by molar-refractivity contribution is 6.02. The van der Waals surface area contributed by atoms with Crippen molar-refractivity contribution in [3.63, 3.8) is 0 Å². The molecule has 0 aliphatic heterocycles. The molecule has 1 aliphatic rings. The summed E-state index contributed by atoms with van der Waals surface area (Å²) in [7, 11) is 1.34. The molecule has 0 spiro atoms. The number of carbonyl (C=O) groups excluding carboxylic acids is 2. The molecular weight excluding hydrogens is 607 g/mol. The van der Waals surface area contributed by atoms with Gasteiger partial charge in [0.1, 0.15) is 23.9 Å². The lowest BCUT2D eigenvalue weighted by Crippen LogP contribution is -2.40. The molecule has 1 aliphatic carbocycles. The van der Waals surface area contributed by atoms with E-state index in [0.717, 1.165) is 12.0 Å². The van der Waals surface area contributed by atoms with Crippen LogP contribution in [0.2, 0.25) is 0 Å². The van der Waals surface area contributed by atoms with Crippen LogP contribution < -0.4 is 19.5 Å². The summed E-state index contributed by atoms with van der Waals surface area (Å²) in [5, 5.41) is 12.6. The smallest absolute Gasteiger partial charge is 0.493 e. The second-order valence-corrected chi connectivity index (χ2v) is 11.0. The van der Waals surface area contributed by atoms with Gasteiger partial charge in [-0.15, -0.1) is 13.2 Å². The van der Waals surface area contributed by atoms with Crippen LogP contribution in [-0.2, 0) is 22.6 Å². The van der Waals surface area contributed by atoms with Crippen molar-refractivity contribution in [1.82, 2.24) is 5.32 Å². The largest absolute Gasteiger partial charge is 0.573 e. The molecule has 3 aromatic rings. The van der Waals surface area contributed by atoms with Crippen molar-refractivity contribution in [3.05, 3.63) is 88.5 Å². The maximum absolute atomic E-state index is 13.4. The molecule has 46 heavy (non-hydrogen) atoms. The molecule has 246 valence electrons. The van der Waals surface area contributed by atoms with Gasteiger partial charge >= 0.3 is 18.3 Å². The first-order chi connectivity index (χ1) is 21.9. The number of alkyl halides is 3. The summed E-state index contributed by atoms with van der Waals surface area (Å²) in [5.74, 6) is -1.63. The third kappa shape index (κ3) is 9.63. The van der Waals surface area contributed by atoms with E-state index in [1.54, 1.807) is 19.1 Å². The molecule has 0 bridgehead atoms. The Morgan fingerprint density at radius 2 is 1.59 bits per heavy atom. The lowest BCUT2D eigenvalue weighted by molar-refractivity contribution is -0.274. The average molecular weight is 644 g/mol. The maximum atomic E-state index is 13.4. The molecule has 2 atom stereocenters. The normalized spacial score (nSPS) is 16.3. The second-order valence-electron chi connectivity index (χ2n) is 11.0. The number of amides is 1. The topological polar surface area (TPSA) is 120 Å². The highest BCUT2D eigenvalue weighted by Gasteiger charge is 2.31. The number of hydrogen-bond acceptors (Lipinski definition) is 7.